The Morgan fingerprint density at radius 2 is 1.03 bits per heavy atom. The van der Waals surface area contributed by atoms with E-state index in [2.05, 4.69) is 97.9 Å². The summed E-state index contributed by atoms with van der Waals surface area (Å²) in [6.45, 7) is 2.26. The molecule has 30 heavy (non-hydrogen) atoms. The van der Waals surface area contributed by atoms with Gasteiger partial charge in [0.15, 0.2) is 0 Å². The largest absolute Gasteiger partial charge is 0.0654 e. The van der Waals surface area contributed by atoms with Crippen molar-refractivity contribution in [2.24, 2.45) is 0 Å². The first-order valence-electron chi connectivity index (χ1n) is 11.0. The van der Waals surface area contributed by atoms with E-state index in [0.29, 0.717) is 0 Å². The summed E-state index contributed by atoms with van der Waals surface area (Å²) in [5, 5.41) is 13.3. The van der Waals surface area contributed by atoms with Gasteiger partial charge in [0, 0.05) is 0 Å². The van der Waals surface area contributed by atoms with E-state index in [4.69, 9.17) is 0 Å². The lowest BCUT2D eigenvalue weighted by molar-refractivity contribution is 0.796. The van der Waals surface area contributed by atoms with Crippen LogP contribution in [0.25, 0.3) is 53.9 Å². The molecule has 0 atom stereocenters. The van der Waals surface area contributed by atoms with E-state index in [1.165, 1.54) is 78.7 Å². The molecule has 0 N–H and O–H groups in total. The third-order valence-corrected chi connectivity index (χ3v) is 6.54. The zero-order chi connectivity index (χ0) is 20.1. The lowest BCUT2D eigenvalue weighted by Crippen LogP contribution is -1.86. The molecule has 0 aliphatic heterocycles. The number of fused-ring (bicyclic) bond motifs is 7. The van der Waals surface area contributed by atoms with Crippen molar-refractivity contribution >= 4 is 53.9 Å². The van der Waals surface area contributed by atoms with Gasteiger partial charge >= 0.3 is 0 Å². The van der Waals surface area contributed by atoms with Gasteiger partial charge in [-0.15, -0.1) is 0 Å². The van der Waals surface area contributed by atoms with Crippen LogP contribution in [0.5, 0.6) is 0 Å². The van der Waals surface area contributed by atoms with Gasteiger partial charge in [-0.2, -0.15) is 0 Å². The molecule has 0 saturated carbocycles. The molecule has 6 aromatic rings. The van der Waals surface area contributed by atoms with Crippen molar-refractivity contribution in [3.8, 4) is 0 Å². The normalized spacial score (nSPS) is 11.9. The molecule has 0 bridgehead atoms. The highest BCUT2D eigenvalue weighted by molar-refractivity contribution is 6.20. The van der Waals surface area contributed by atoms with Crippen LogP contribution in [-0.2, 0) is 6.42 Å². The molecule has 0 amide bonds. The van der Waals surface area contributed by atoms with Crippen LogP contribution in [0.2, 0.25) is 0 Å². The molecule has 6 aromatic carbocycles. The first-order valence-corrected chi connectivity index (χ1v) is 11.0. The van der Waals surface area contributed by atoms with Crippen LogP contribution in [0.15, 0.2) is 91.0 Å². The fourth-order valence-corrected chi connectivity index (χ4v) is 4.90. The van der Waals surface area contributed by atoms with Crippen molar-refractivity contribution < 1.29 is 0 Å². The molecule has 0 saturated heterocycles. The van der Waals surface area contributed by atoms with Crippen LogP contribution in [0, 0.1) is 0 Å². The summed E-state index contributed by atoms with van der Waals surface area (Å²) < 4.78 is 0. The summed E-state index contributed by atoms with van der Waals surface area (Å²) in [6, 6.07) is 34.2. The Balaban J connectivity index is 1.62. The van der Waals surface area contributed by atoms with Crippen LogP contribution in [0.4, 0.5) is 0 Å². The van der Waals surface area contributed by atoms with Gasteiger partial charge in [-0.1, -0.05) is 80.1 Å². The molecule has 0 aliphatic rings. The molecule has 0 unspecified atom stereocenters. The molecular weight excluding hydrogens is 360 g/mol. The number of rotatable bonds is 3. The molecule has 0 heterocycles. The van der Waals surface area contributed by atoms with Crippen LogP contribution >= 0.6 is 0 Å². The van der Waals surface area contributed by atoms with Gasteiger partial charge in [-0.3, -0.25) is 0 Å². The van der Waals surface area contributed by atoms with E-state index in [-0.39, 0.29) is 0 Å². The topological polar surface area (TPSA) is 0 Å². The van der Waals surface area contributed by atoms with E-state index in [0.717, 1.165) is 0 Å². The zero-order valence-corrected chi connectivity index (χ0v) is 17.3. The van der Waals surface area contributed by atoms with Crippen LogP contribution < -0.4 is 0 Å². The SMILES string of the molecule is CCCCc1ccc2cc3c(ccc4c5cc6ccccc6cc5ccc34)cc2c1. The van der Waals surface area contributed by atoms with E-state index < -0.39 is 0 Å². The minimum Gasteiger partial charge on any atom is -0.0654 e. The highest BCUT2D eigenvalue weighted by Gasteiger charge is 2.08. The second kappa shape index (κ2) is 6.85. The Labute approximate surface area is 176 Å². The predicted octanol–water partition coefficient (Wildman–Crippen LogP) is 8.80. The average Bonchev–Trinajstić information content (AvgIpc) is 2.79. The van der Waals surface area contributed by atoms with Gasteiger partial charge in [0.2, 0.25) is 0 Å². The minimum atomic E-state index is 1.17. The summed E-state index contributed by atoms with van der Waals surface area (Å²) in [6.07, 6.45) is 3.67. The average molecular weight is 385 g/mol. The van der Waals surface area contributed by atoms with Gasteiger partial charge in [-0.05, 0) is 96.5 Å². The summed E-state index contributed by atoms with van der Waals surface area (Å²) in [4.78, 5) is 0. The van der Waals surface area contributed by atoms with Crippen molar-refractivity contribution in [2.45, 2.75) is 26.2 Å². The molecule has 0 aromatic heterocycles. The van der Waals surface area contributed by atoms with Crippen molar-refractivity contribution in [2.75, 3.05) is 0 Å². The molecule has 0 radical (unpaired) electrons. The molecule has 0 heteroatoms. The number of unbranched alkanes of at least 4 members (excludes halogenated alkanes) is 1. The Bertz CT molecular complexity index is 1570. The second-order valence-corrected chi connectivity index (χ2v) is 8.51. The first kappa shape index (κ1) is 17.5. The molecule has 0 fully saturated rings. The number of hydrogen-bond acceptors (Lipinski definition) is 0. The second-order valence-electron chi connectivity index (χ2n) is 8.51. The van der Waals surface area contributed by atoms with Gasteiger partial charge in [0.1, 0.15) is 0 Å². The molecule has 0 nitrogen and oxygen atoms in total. The summed E-state index contributed by atoms with van der Waals surface area (Å²) in [7, 11) is 0. The summed E-state index contributed by atoms with van der Waals surface area (Å²) in [5.74, 6) is 0. The van der Waals surface area contributed by atoms with Gasteiger partial charge < -0.3 is 0 Å². The van der Waals surface area contributed by atoms with Crippen LogP contribution in [-0.4, -0.2) is 0 Å². The highest BCUT2D eigenvalue weighted by Crippen LogP contribution is 2.35. The molecule has 6 rings (SSSR count). The van der Waals surface area contributed by atoms with Crippen LogP contribution in [0.1, 0.15) is 25.3 Å². The third kappa shape index (κ3) is 2.75. The Morgan fingerprint density at radius 1 is 0.467 bits per heavy atom. The van der Waals surface area contributed by atoms with Gasteiger partial charge in [-0.25, -0.2) is 0 Å². The van der Waals surface area contributed by atoms with Crippen molar-refractivity contribution in [3.63, 3.8) is 0 Å². The standard InChI is InChI=1S/C30H24/c1-2-3-6-20-9-10-23-19-30-25(17-26(23)15-20)12-14-27-28(30)13-11-24-16-21-7-4-5-8-22(21)18-29(24)27/h4-5,7-19H,2-3,6H2,1H3. The Hall–Kier alpha value is -3.38. The van der Waals surface area contributed by atoms with Crippen LogP contribution in [0.3, 0.4) is 0 Å². The lowest BCUT2D eigenvalue weighted by atomic mass is 9.93. The maximum atomic E-state index is 2.38. The molecule has 0 spiro atoms. The minimum absolute atomic E-state index is 1.17. The molecule has 144 valence electrons. The molecule has 0 aliphatic carbocycles. The Kier molecular flexibility index (Phi) is 3.99. The first-order chi connectivity index (χ1) is 14.8. The molecular formula is C30H24. The maximum absolute atomic E-state index is 2.38. The lowest BCUT2D eigenvalue weighted by Gasteiger charge is -2.11. The zero-order valence-electron chi connectivity index (χ0n) is 17.3. The fraction of sp³-hybridized carbons (Fsp3) is 0.133. The van der Waals surface area contributed by atoms with E-state index in [1.54, 1.807) is 0 Å². The van der Waals surface area contributed by atoms with E-state index in [9.17, 15) is 0 Å². The quantitative estimate of drug-likeness (QED) is 0.211. The van der Waals surface area contributed by atoms with E-state index >= 15 is 0 Å². The number of benzene rings is 6. The highest BCUT2D eigenvalue weighted by atomic mass is 14.1. The van der Waals surface area contributed by atoms with Gasteiger partial charge in [0.05, 0.1) is 0 Å². The van der Waals surface area contributed by atoms with Crippen molar-refractivity contribution in [3.05, 3.63) is 96.6 Å². The number of hydrogen-bond donors (Lipinski definition) is 0. The summed E-state index contributed by atoms with van der Waals surface area (Å²) >= 11 is 0. The number of aryl methyl sites for hydroxylation is 1. The maximum Gasteiger partial charge on any atom is -0.00987 e. The third-order valence-electron chi connectivity index (χ3n) is 6.54. The van der Waals surface area contributed by atoms with Crippen molar-refractivity contribution in [1.82, 2.24) is 0 Å². The smallest absolute Gasteiger partial charge is 0.00987 e. The Morgan fingerprint density at radius 3 is 1.70 bits per heavy atom. The van der Waals surface area contributed by atoms with Gasteiger partial charge in [0.25, 0.3) is 0 Å². The summed E-state index contributed by atoms with van der Waals surface area (Å²) in [5.41, 5.74) is 1.45. The predicted molar refractivity (Wildman–Crippen MR) is 133 cm³/mol. The monoisotopic (exact) mass is 384 g/mol. The fourth-order valence-electron chi connectivity index (χ4n) is 4.90. The van der Waals surface area contributed by atoms with E-state index in [1.807, 2.05) is 0 Å². The van der Waals surface area contributed by atoms with Crippen molar-refractivity contribution in [1.29, 1.82) is 0 Å².